The summed E-state index contributed by atoms with van der Waals surface area (Å²) >= 11 is 0. The maximum Gasteiger partial charge on any atom is 0.229 e. The molecule has 2 rings (SSSR count). The van der Waals surface area contributed by atoms with Gasteiger partial charge in [-0.25, -0.2) is 4.39 Å². The summed E-state index contributed by atoms with van der Waals surface area (Å²) in [5.41, 5.74) is 0.956. The van der Waals surface area contributed by atoms with Gasteiger partial charge in [-0.3, -0.25) is 0 Å². The van der Waals surface area contributed by atoms with E-state index < -0.39 is 0 Å². The molecule has 0 saturated heterocycles. The topological polar surface area (TPSA) is 74.8 Å². The number of hydrogen-bond donors (Lipinski definition) is 3. The minimum Gasteiger partial charge on any atom is -0.354 e. The number of rotatable bonds is 9. The van der Waals surface area contributed by atoms with Crippen LogP contribution in [0.25, 0.3) is 0 Å². The molecule has 0 unspecified atom stereocenters. The van der Waals surface area contributed by atoms with Crippen molar-refractivity contribution in [2.45, 2.75) is 33.2 Å². The minimum atomic E-state index is -0.244. The molecule has 0 saturated carbocycles. The van der Waals surface area contributed by atoms with Crippen molar-refractivity contribution in [1.82, 2.24) is 15.0 Å². The summed E-state index contributed by atoms with van der Waals surface area (Å²) in [7, 11) is 0. The predicted octanol–water partition coefficient (Wildman–Crippen LogP) is 3.69. The van der Waals surface area contributed by atoms with Gasteiger partial charge in [0.15, 0.2) is 0 Å². The van der Waals surface area contributed by atoms with Crippen LogP contribution >= 0.6 is 12.4 Å². The summed E-state index contributed by atoms with van der Waals surface area (Å²) in [6.07, 6.45) is 1.98. The third-order valence-corrected chi connectivity index (χ3v) is 3.07. The van der Waals surface area contributed by atoms with Crippen LogP contribution in [-0.2, 0) is 6.54 Å². The molecule has 0 amide bonds. The van der Waals surface area contributed by atoms with E-state index in [0.29, 0.717) is 24.4 Å². The SMILES string of the molecule is CCCNc1nc(NCCC)nc(NCc2ccc(F)cc2)n1.Cl. The number of hydrogen-bond acceptors (Lipinski definition) is 6. The van der Waals surface area contributed by atoms with Crippen molar-refractivity contribution >= 4 is 30.3 Å². The van der Waals surface area contributed by atoms with Crippen molar-refractivity contribution in [3.8, 4) is 0 Å². The van der Waals surface area contributed by atoms with Gasteiger partial charge in [0, 0.05) is 19.6 Å². The molecule has 0 aliphatic carbocycles. The van der Waals surface area contributed by atoms with Crippen LogP contribution in [-0.4, -0.2) is 28.0 Å². The highest BCUT2D eigenvalue weighted by Gasteiger charge is 2.06. The molecule has 6 nitrogen and oxygen atoms in total. The van der Waals surface area contributed by atoms with Gasteiger partial charge < -0.3 is 16.0 Å². The van der Waals surface area contributed by atoms with E-state index in [9.17, 15) is 4.39 Å². The maximum absolute atomic E-state index is 12.9. The Morgan fingerprint density at radius 3 is 1.71 bits per heavy atom. The smallest absolute Gasteiger partial charge is 0.229 e. The van der Waals surface area contributed by atoms with Crippen molar-refractivity contribution in [2.24, 2.45) is 0 Å². The van der Waals surface area contributed by atoms with Crippen molar-refractivity contribution in [3.05, 3.63) is 35.6 Å². The van der Waals surface area contributed by atoms with Gasteiger partial charge in [0.2, 0.25) is 17.8 Å². The fraction of sp³-hybridized carbons (Fsp3) is 0.438. The quantitative estimate of drug-likeness (QED) is 0.637. The number of aromatic nitrogens is 3. The van der Waals surface area contributed by atoms with Crippen molar-refractivity contribution < 1.29 is 4.39 Å². The highest BCUT2D eigenvalue weighted by molar-refractivity contribution is 5.85. The van der Waals surface area contributed by atoms with E-state index in [2.05, 4.69) is 44.7 Å². The largest absolute Gasteiger partial charge is 0.354 e. The third kappa shape index (κ3) is 6.54. The van der Waals surface area contributed by atoms with E-state index >= 15 is 0 Å². The number of halogens is 2. The van der Waals surface area contributed by atoms with Crippen molar-refractivity contribution in [3.63, 3.8) is 0 Å². The Labute approximate surface area is 148 Å². The lowest BCUT2D eigenvalue weighted by molar-refractivity contribution is 0.627. The number of anilines is 3. The fourth-order valence-electron chi connectivity index (χ4n) is 1.87. The van der Waals surface area contributed by atoms with Crippen LogP contribution in [0.2, 0.25) is 0 Å². The lowest BCUT2D eigenvalue weighted by atomic mass is 10.2. The Balaban J connectivity index is 0.00000288. The van der Waals surface area contributed by atoms with Crippen LogP contribution in [0.4, 0.5) is 22.2 Å². The fourth-order valence-corrected chi connectivity index (χ4v) is 1.87. The Kier molecular flexibility index (Phi) is 8.78. The second-order valence-corrected chi connectivity index (χ2v) is 5.14. The molecule has 0 fully saturated rings. The van der Waals surface area contributed by atoms with E-state index in [1.807, 2.05) is 0 Å². The van der Waals surface area contributed by atoms with Crippen LogP contribution in [0.5, 0.6) is 0 Å². The van der Waals surface area contributed by atoms with Gasteiger partial charge in [0.05, 0.1) is 0 Å². The molecule has 1 aromatic heterocycles. The van der Waals surface area contributed by atoms with Crippen LogP contribution in [0.1, 0.15) is 32.3 Å². The van der Waals surface area contributed by atoms with Gasteiger partial charge in [-0.2, -0.15) is 15.0 Å². The highest BCUT2D eigenvalue weighted by Crippen LogP contribution is 2.11. The molecule has 0 radical (unpaired) electrons. The van der Waals surface area contributed by atoms with Crippen LogP contribution < -0.4 is 16.0 Å². The Morgan fingerprint density at radius 1 is 0.792 bits per heavy atom. The van der Waals surface area contributed by atoms with Gasteiger partial charge in [-0.1, -0.05) is 26.0 Å². The summed E-state index contributed by atoms with van der Waals surface area (Å²) < 4.78 is 12.9. The van der Waals surface area contributed by atoms with Crippen LogP contribution in [0, 0.1) is 5.82 Å². The lowest BCUT2D eigenvalue weighted by Gasteiger charge is -2.10. The molecule has 0 bridgehead atoms. The molecule has 0 aliphatic heterocycles. The molecular formula is C16H24ClFN6. The predicted molar refractivity (Wildman–Crippen MR) is 98.4 cm³/mol. The number of nitrogens with one attached hydrogen (secondary N) is 3. The first-order valence-electron chi connectivity index (χ1n) is 7.93. The highest BCUT2D eigenvalue weighted by atomic mass is 35.5. The van der Waals surface area contributed by atoms with E-state index in [1.165, 1.54) is 12.1 Å². The first-order valence-corrected chi connectivity index (χ1v) is 7.93. The van der Waals surface area contributed by atoms with Gasteiger partial charge in [0.25, 0.3) is 0 Å². The van der Waals surface area contributed by atoms with E-state index in [1.54, 1.807) is 12.1 Å². The Morgan fingerprint density at radius 2 is 1.25 bits per heavy atom. The molecule has 8 heteroatoms. The standard InChI is InChI=1S/C16H23FN6.ClH/c1-3-9-18-14-21-15(19-10-4-2)23-16(22-14)20-11-12-5-7-13(17)8-6-12;/h5-8H,3-4,9-11H2,1-2H3,(H3,18,19,20,21,22,23);1H. The normalized spacial score (nSPS) is 9.96. The third-order valence-electron chi connectivity index (χ3n) is 3.07. The summed E-state index contributed by atoms with van der Waals surface area (Å²) in [6.45, 7) is 6.28. The first-order chi connectivity index (χ1) is 11.2. The minimum absolute atomic E-state index is 0. The molecular weight excluding hydrogens is 331 g/mol. The summed E-state index contributed by atoms with van der Waals surface area (Å²) in [5.74, 6) is 1.33. The molecule has 1 aromatic carbocycles. The lowest BCUT2D eigenvalue weighted by Crippen LogP contribution is -2.13. The zero-order valence-electron chi connectivity index (χ0n) is 14.0. The summed E-state index contributed by atoms with van der Waals surface area (Å²) in [4.78, 5) is 13.0. The monoisotopic (exact) mass is 354 g/mol. The zero-order chi connectivity index (χ0) is 16.5. The number of benzene rings is 1. The molecule has 0 atom stereocenters. The summed E-state index contributed by atoms with van der Waals surface area (Å²) in [5, 5.41) is 9.48. The average Bonchev–Trinajstić information content (AvgIpc) is 2.57. The molecule has 0 aliphatic rings. The van der Waals surface area contributed by atoms with Crippen LogP contribution in [0.15, 0.2) is 24.3 Å². The van der Waals surface area contributed by atoms with E-state index in [0.717, 1.165) is 31.5 Å². The zero-order valence-corrected chi connectivity index (χ0v) is 14.8. The molecule has 132 valence electrons. The first kappa shape index (κ1) is 19.9. The molecule has 0 spiro atoms. The molecule has 2 aromatic rings. The Bertz CT molecular complexity index is 582. The number of nitrogens with zero attached hydrogens (tertiary/aromatic N) is 3. The van der Waals surface area contributed by atoms with Gasteiger partial charge >= 0.3 is 0 Å². The van der Waals surface area contributed by atoms with E-state index in [4.69, 9.17) is 0 Å². The van der Waals surface area contributed by atoms with Gasteiger partial charge in [-0.05, 0) is 30.5 Å². The van der Waals surface area contributed by atoms with Crippen molar-refractivity contribution in [2.75, 3.05) is 29.0 Å². The second kappa shape index (κ2) is 10.6. The molecule has 24 heavy (non-hydrogen) atoms. The van der Waals surface area contributed by atoms with Gasteiger partial charge in [0.1, 0.15) is 5.82 Å². The van der Waals surface area contributed by atoms with Gasteiger partial charge in [-0.15, -0.1) is 12.4 Å². The maximum atomic E-state index is 12.9. The molecule has 3 N–H and O–H groups in total. The van der Waals surface area contributed by atoms with Crippen molar-refractivity contribution in [1.29, 1.82) is 0 Å². The molecule has 1 heterocycles. The Hall–Kier alpha value is -2.15. The average molecular weight is 355 g/mol. The van der Waals surface area contributed by atoms with Crippen LogP contribution in [0.3, 0.4) is 0 Å². The summed E-state index contributed by atoms with van der Waals surface area (Å²) in [6, 6.07) is 6.34. The van der Waals surface area contributed by atoms with E-state index in [-0.39, 0.29) is 18.2 Å². The second-order valence-electron chi connectivity index (χ2n) is 5.14.